The lowest BCUT2D eigenvalue weighted by molar-refractivity contribution is 0.302. The first kappa shape index (κ1) is 36.8. The van der Waals surface area contributed by atoms with Gasteiger partial charge in [0.25, 0.3) is 0 Å². The summed E-state index contributed by atoms with van der Waals surface area (Å²) in [5.74, 6) is 5.41. The summed E-state index contributed by atoms with van der Waals surface area (Å²) in [6.45, 7) is 6.73. The highest BCUT2D eigenvalue weighted by molar-refractivity contribution is 8.76. The Morgan fingerprint density at radius 3 is 1.18 bits per heavy atom. The number of rotatable bonds is 21. The summed E-state index contributed by atoms with van der Waals surface area (Å²) in [4.78, 5) is 0. The van der Waals surface area contributed by atoms with E-state index in [0.717, 1.165) is 73.0 Å². The van der Waals surface area contributed by atoms with E-state index >= 15 is 0 Å². The summed E-state index contributed by atoms with van der Waals surface area (Å²) >= 11 is 0. The van der Waals surface area contributed by atoms with E-state index in [1.165, 1.54) is 0 Å². The average molecular weight is 610 g/mol. The van der Waals surface area contributed by atoms with Crippen molar-refractivity contribution >= 4 is 46.4 Å². The van der Waals surface area contributed by atoms with Crippen LogP contribution in [0.5, 0.6) is 23.0 Å². The third-order valence-corrected chi connectivity index (χ3v) is 8.00. The van der Waals surface area contributed by atoms with Crippen LogP contribution in [0.1, 0.15) is 52.4 Å². The Bertz CT molecular complexity index is 737. The van der Waals surface area contributed by atoms with Crippen molar-refractivity contribution in [1.82, 2.24) is 0 Å². The van der Waals surface area contributed by atoms with Crippen molar-refractivity contribution in [2.45, 2.75) is 64.5 Å². The van der Waals surface area contributed by atoms with Gasteiger partial charge in [0, 0.05) is 23.6 Å². The second-order valence-corrected chi connectivity index (χ2v) is 11.1. The quantitative estimate of drug-likeness (QED) is 0.114. The highest BCUT2D eigenvalue weighted by Gasteiger charge is 2.07. The molecule has 6 nitrogen and oxygen atoms in total. The van der Waals surface area contributed by atoms with Crippen LogP contribution < -0.4 is 30.4 Å². The largest absolute Gasteiger partial charge is 0.494 e. The minimum atomic E-state index is 0. The molecular weight excluding hydrogens is 563 g/mol. The molecule has 2 atom stereocenters. The smallest absolute Gasteiger partial charge is 0.119 e. The molecule has 0 amide bonds. The molecule has 218 valence electrons. The lowest BCUT2D eigenvalue weighted by Gasteiger charge is -2.13. The van der Waals surface area contributed by atoms with Gasteiger partial charge < -0.3 is 30.4 Å². The van der Waals surface area contributed by atoms with E-state index in [1.807, 2.05) is 84.0 Å². The molecule has 2 unspecified atom stereocenters. The van der Waals surface area contributed by atoms with Crippen LogP contribution in [0.25, 0.3) is 0 Å². The standard InChI is InChI=1S/C28H44N2O4S2.2ClH/c1-3-31-25-11-15-27(16-12-25)33-19-7-5-9-23(29)21-35-36-22-24(30)10-6-8-20-34-28-17-13-26(14-18-28)32-4-2;;/h11-18,23-24H,3-10,19-22,29-30H2,1-2H3;2*1H. The second-order valence-electron chi connectivity index (χ2n) is 8.59. The summed E-state index contributed by atoms with van der Waals surface area (Å²) in [5, 5.41) is 0. The molecule has 0 heterocycles. The first-order valence-electron chi connectivity index (χ1n) is 13.1. The van der Waals surface area contributed by atoms with Crippen LogP contribution in [0.3, 0.4) is 0 Å². The predicted octanol–water partition coefficient (Wildman–Crippen LogP) is 7.16. The molecule has 0 bridgehead atoms. The molecule has 0 saturated carbocycles. The Labute approximate surface area is 249 Å². The van der Waals surface area contributed by atoms with Crippen LogP contribution in [0.15, 0.2) is 48.5 Å². The van der Waals surface area contributed by atoms with Crippen LogP contribution in [-0.4, -0.2) is 50.0 Å². The van der Waals surface area contributed by atoms with Crippen molar-refractivity contribution in [2.24, 2.45) is 11.5 Å². The summed E-state index contributed by atoms with van der Waals surface area (Å²) in [6.07, 6.45) is 6.18. The lowest BCUT2D eigenvalue weighted by atomic mass is 10.1. The number of hydrogen-bond acceptors (Lipinski definition) is 8. The zero-order chi connectivity index (χ0) is 25.8. The fourth-order valence-corrected chi connectivity index (χ4v) is 5.93. The van der Waals surface area contributed by atoms with Crippen molar-refractivity contribution in [3.63, 3.8) is 0 Å². The van der Waals surface area contributed by atoms with E-state index in [4.69, 9.17) is 30.4 Å². The molecule has 0 aliphatic carbocycles. The summed E-state index contributed by atoms with van der Waals surface area (Å²) in [7, 11) is 3.67. The van der Waals surface area contributed by atoms with Crippen molar-refractivity contribution in [1.29, 1.82) is 0 Å². The van der Waals surface area contributed by atoms with Gasteiger partial charge in [-0.05, 0) is 101 Å². The predicted molar refractivity (Wildman–Crippen MR) is 169 cm³/mol. The molecule has 0 saturated heterocycles. The van der Waals surface area contributed by atoms with E-state index < -0.39 is 0 Å². The molecule has 0 aliphatic heterocycles. The molecule has 10 heteroatoms. The number of nitrogens with two attached hydrogens (primary N) is 2. The van der Waals surface area contributed by atoms with Crippen LogP contribution in [0.4, 0.5) is 0 Å². The van der Waals surface area contributed by atoms with Gasteiger partial charge in [-0.2, -0.15) is 0 Å². The van der Waals surface area contributed by atoms with Gasteiger partial charge in [0.15, 0.2) is 0 Å². The Hall–Kier alpha value is -1.16. The molecule has 0 fully saturated rings. The molecule has 0 spiro atoms. The molecule has 0 aromatic heterocycles. The molecule has 2 rings (SSSR count). The number of hydrogen-bond donors (Lipinski definition) is 2. The lowest BCUT2D eigenvalue weighted by Crippen LogP contribution is -2.24. The molecular formula is C28H46Cl2N2O4S2. The Balaban J connectivity index is 0.00000684. The number of benzene rings is 2. The average Bonchev–Trinajstić information content (AvgIpc) is 2.88. The van der Waals surface area contributed by atoms with Crippen molar-refractivity contribution in [3.8, 4) is 23.0 Å². The van der Waals surface area contributed by atoms with Gasteiger partial charge in [0.1, 0.15) is 23.0 Å². The maximum absolute atomic E-state index is 6.27. The van der Waals surface area contributed by atoms with E-state index in [-0.39, 0.29) is 36.9 Å². The van der Waals surface area contributed by atoms with Gasteiger partial charge in [0.05, 0.1) is 26.4 Å². The normalized spacial score (nSPS) is 12.0. The molecule has 38 heavy (non-hydrogen) atoms. The van der Waals surface area contributed by atoms with Gasteiger partial charge in [0.2, 0.25) is 0 Å². The molecule has 0 aliphatic rings. The fourth-order valence-electron chi connectivity index (χ4n) is 3.43. The zero-order valence-corrected chi connectivity index (χ0v) is 25.9. The molecule has 2 aromatic rings. The van der Waals surface area contributed by atoms with E-state index in [9.17, 15) is 0 Å². The number of ether oxygens (including phenoxy) is 4. The number of unbranched alkanes of at least 4 members (excludes halogenated alkanes) is 2. The van der Waals surface area contributed by atoms with Gasteiger partial charge in [-0.1, -0.05) is 21.6 Å². The number of halogens is 2. The maximum atomic E-state index is 6.27. The summed E-state index contributed by atoms with van der Waals surface area (Å²) in [5.41, 5.74) is 12.5. The third kappa shape index (κ3) is 17.4. The minimum Gasteiger partial charge on any atom is -0.494 e. The molecule has 0 radical (unpaired) electrons. The topological polar surface area (TPSA) is 89.0 Å². The Morgan fingerprint density at radius 1 is 0.553 bits per heavy atom. The first-order valence-corrected chi connectivity index (χ1v) is 15.6. The van der Waals surface area contributed by atoms with Crippen LogP contribution in [0, 0.1) is 0 Å². The van der Waals surface area contributed by atoms with Gasteiger partial charge in [-0.3, -0.25) is 0 Å². The second kappa shape index (κ2) is 23.7. The highest BCUT2D eigenvalue weighted by atomic mass is 35.5. The maximum Gasteiger partial charge on any atom is 0.119 e. The summed E-state index contributed by atoms with van der Waals surface area (Å²) in [6, 6.07) is 16.0. The van der Waals surface area contributed by atoms with Crippen LogP contribution in [0.2, 0.25) is 0 Å². The Kier molecular flexibility index (Phi) is 23.0. The monoisotopic (exact) mass is 608 g/mol. The van der Waals surface area contributed by atoms with Crippen LogP contribution in [-0.2, 0) is 0 Å². The highest BCUT2D eigenvalue weighted by Crippen LogP contribution is 2.24. The fraction of sp³-hybridized carbons (Fsp3) is 0.571. The van der Waals surface area contributed by atoms with Gasteiger partial charge in [-0.15, -0.1) is 24.8 Å². The zero-order valence-electron chi connectivity index (χ0n) is 22.7. The third-order valence-electron chi connectivity index (χ3n) is 5.39. The Morgan fingerprint density at radius 2 is 0.868 bits per heavy atom. The van der Waals surface area contributed by atoms with Crippen molar-refractivity contribution < 1.29 is 18.9 Å². The van der Waals surface area contributed by atoms with E-state index in [2.05, 4.69) is 0 Å². The van der Waals surface area contributed by atoms with E-state index in [1.54, 1.807) is 0 Å². The first-order chi connectivity index (χ1) is 17.6. The SMILES string of the molecule is CCOc1ccc(OCCCCC(N)CSSCC(N)CCCCOc2ccc(OCC)cc2)cc1.Cl.Cl. The summed E-state index contributed by atoms with van der Waals surface area (Å²) < 4.78 is 22.5. The van der Waals surface area contributed by atoms with Crippen molar-refractivity contribution in [3.05, 3.63) is 48.5 Å². The van der Waals surface area contributed by atoms with Gasteiger partial charge in [-0.25, -0.2) is 0 Å². The molecule has 4 N–H and O–H groups in total. The van der Waals surface area contributed by atoms with Crippen LogP contribution >= 0.6 is 46.4 Å². The minimum absolute atomic E-state index is 0. The molecule has 2 aromatic carbocycles. The van der Waals surface area contributed by atoms with E-state index in [0.29, 0.717) is 26.4 Å². The van der Waals surface area contributed by atoms with Crippen molar-refractivity contribution in [2.75, 3.05) is 37.9 Å². The van der Waals surface area contributed by atoms with Gasteiger partial charge >= 0.3 is 0 Å².